The molecule has 0 radical (unpaired) electrons. The van der Waals surface area contributed by atoms with Crippen molar-refractivity contribution in [3.8, 4) is 0 Å². The Morgan fingerprint density at radius 2 is 2.33 bits per heavy atom. The fourth-order valence-corrected chi connectivity index (χ4v) is 3.35. The molecule has 1 heterocycles. The van der Waals surface area contributed by atoms with E-state index in [-0.39, 0.29) is 5.12 Å². The van der Waals surface area contributed by atoms with Gasteiger partial charge in [0.2, 0.25) is 5.12 Å². The maximum Gasteiger partial charge on any atom is 0.244 e. The second-order valence-corrected chi connectivity index (χ2v) is 6.60. The van der Waals surface area contributed by atoms with E-state index in [9.17, 15) is 4.79 Å². The van der Waals surface area contributed by atoms with E-state index in [0.717, 1.165) is 20.2 Å². The first kappa shape index (κ1) is 13.6. The quantitative estimate of drug-likeness (QED) is 0.606. The summed E-state index contributed by atoms with van der Waals surface area (Å²) in [7, 11) is 0. The van der Waals surface area contributed by atoms with Crippen LogP contribution in [0.25, 0.3) is 6.08 Å². The van der Waals surface area contributed by atoms with Gasteiger partial charge in [0.05, 0.1) is 0 Å². The lowest BCUT2D eigenvalue weighted by molar-refractivity contribution is -0.107. The summed E-state index contributed by atoms with van der Waals surface area (Å²) in [5.41, 5.74) is 1.47. The van der Waals surface area contributed by atoms with Gasteiger partial charge in [0, 0.05) is 10.2 Å². The lowest BCUT2D eigenvalue weighted by Crippen LogP contribution is -1.88. The Bertz CT molecular complexity index is 552. The first-order valence-electron chi connectivity index (χ1n) is 5.21. The third-order valence-electron chi connectivity index (χ3n) is 2.08. The molecule has 1 aromatic rings. The van der Waals surface area contributed by atoms with Crippen molar-refractivity contribution in [3.63, 3.8) is 0 Å². The molecule has 0 spiro atoms. The van der Waals surface area contributed by atoms with E-state index < -0.39 is 0 Å². The summed E-state index contributed by atoms with van der Waals surface area (Å²) < 4.78 is 1.78. The number of carbonyl (C=O) groups excluding carboxylic acids is 1. The molecule has 0 aromatic heterocycles. The molecule has 0 saturated heterocycles. The van der Waals surface area contributed by atoms with Crippen LogP contribution in [0.3, 0.4) is 0 Å². The molecule has 0 N–H and O–H groups in total. The van der Waals surface area contributed by atoms with Gasteiger partial charge in [-0.2, -0.15) is 0 Å². The lowest BCUT2D eigenvalue weighted by atomic mass is 10.2. The first-order chi connectivity index (χ1) is 8.69. The van der Waals surface area contributed by atoms with E-state index in [0.29, 0.717) is 5.70 Å². The molecule has 5 heteroatoms. The van der Waals surface area contributed by atoms with Crippen LogP contribution in [0.2, 0.25) is 0 Å². The van der Waals surface area contributed by atoms with Crippen molar-refractivity contribution in [2.75, 3.05) is 5.75 Å². The molecular weight excluding hydrogens is 330 g/mol. The topological polar surface area (TPSA) is 29.4 Å². The SMILES string of the molecule is C=CCSC1=N/C(=C\c2cccc(Br)c2)C(=O)S1. The summed E-state index contributed by atoms with van der Waals surface area (Å²) in [6, 6.07) is 7.78. The zero-order chi connectivity index (χ0) is 13.0. The minimum atomic E-state index is 0.00142. The Kier molecular flexibility index (Phi) is 4.86. The molecule has 0 bridgehead atoms. The molecule has 0 amide bonds. The number of halogens is 1. The fraction of sp³-hybridized carbons (Fsp3) is 0.0769. The maximum absolute atomic E-state index is 11.8. The van der Waals surface area contributed by atoms with Gasteiger partial charge in [-0.25, -0.2) is 4.99 Å². The van der Waals surface area contributed by atoms with E-state index >= 15 is 0 Å². The van der Waals surface area contributed by atoms with Crippen molar-refractivity contribution >= 4 is 55.0 Å². The van der Waals surface area contributed by atoms with Crippen molar-refractivity contribution in [2.45, 2.75) is 0 Å². The Balaban J connectivity index is 2.19. The fourth-order valence-electron chi connectivity index (χ4n) is 1.34. The molecule has 0 fully saturated rings. The zero-order valence-electron chi connectivity index (χ0n) is 9.43. The van der Waals surface area contributed by atoms with Crippen molar-refractivity contribution in [1.29, 1.82) is 0 Å². The van der Waals surface area contributed by atoms with Crippen LogP contribution in [0.1, 0.15) is 5.56 Å². The maximum atomic E-state index is 11.8. The number of carbonyl (C=O) groups is 1. The van der Waals surface area contributed by atoms with Gasteiger partial charge in [0.1, 0.15) is 10.1 Å². The Labute approximate surface area is 123 Å². The molecule has 0 unspecified atom stereocenters. The minimum absolute atomic E-state index is 0.00142. The molecule has 92 valence electrons. The highest BCUT2D eigenvalue weighted by Gasteiger charge is 2.21. The second-order valence-electron chi connectivity index (χ2n) is 3.45. The number of hydrogen-bond acceptors (Lipinski definition) is 4. The van der Waals surface area contributed by atoms with Crippen molar-refractivity contribution in [1.82, 2.24) is 0 Å². The van der Waals surface area contributed by atoms with Gasteiger partial charge in [-0.05, 0) is 35.5 Å². The Morgan fingerprint density at radius 3 is 3.06 bits per heavy atom. The molecule has 1 aliphatic heterocycles. The average molecular weight is 340 g/mol. The molecule has 18 heavy (non-hydrogen) atoms. The number of nitrogens with zero attached hydrogens (tertiary/aromatic N) is 1. The third kappa shape index (κ3) is 3.60. The predicted octanol–water partition coefficient (Wildman–Crippen LogP) is 4.34. The van der Waals surface area contributed by atoms with Crippen LogP contribution in [-0.4, -0.2) is 15.2 Å². The summed E-state index contributed by atoms with van der Waals surface area (Å²) in [5.74, 6) is 0.767. The van der Waals surface area contributed by atoms with Crippen LogP contribution in [0.4, 0.5) is 0 Å². The van der Waals surface area contributed by atoms with Crippen LogP contribution in [0.15, 0.2) is 52.1 Å². The highest BCUT2D eigenvalue weighted by molar-refractivity contribution is 9.10. The average Bonchev–Trinajstić information content (AvgIpc) is 2.68. The number of hydrogen-bond donors (Lipinski definition) is 0. The Hall–Kier alpha value is -0.780. The van der Waals surface area contributed by atoms with Crippen molar-refractivity contribution < 1.29 is 4.79 Å². The van der Waals surface area contributed by atoms with E-state index in [2.05, 4.69) is 27.5 Å². The molecule has 0 aliphatic carbocycles. The van der Waals surface area contributed by atoms with Crippen LogP contribution in [0, 0.1) is 0 Å². The third-order valence-corrected chi connectivity index (χ3v) is 4.58. The van der Waals surface area contributed by atoms with E-state index in [1.54, 1.807) is 6.08 Å². The number of thioether (sulfide) groups is 2. The number of rotatable bonds is 3. The van der Waals surface area contributed by atoms with Gasteiger partial charge in [-0.15, -0.1) is 6.58 Å². The standard InChI is InChI=1S/C13H10BrNOS2/c1-2-6-17-13-15-11(12(16)18-13)8-9-4-3-5-10(14)7-9/h2-5,7-8H,1,6H2/b11-8-. The summed E-state index contributed by atoms with van der Waals surface area (Å²) in [5, 5.41) is 0.00142. The highest BCUT2D eigenvalue weighted by atomic mass is 79.9. The molecule has 2 rings (SSSR count). The van der Waals surface area contributed by atoms with Crippen LogP contribution in [-0.2, 0) is 4.79 Å². The van der Waals surface area contributed by atoms with Gasteiger partial charge in [-0.1, -0.05) is 45.9 Å². The second kappa shape index (κ2) is 6.41. The largest absolute Gasteiger partial charge is 0.279 e. The summed E-state index contributed by atoms with van der Waals surface area (Å²) in [6.07, 6.45) is 3.61. The van der Waals surface area contributed by atoms with Gasteiger partial charge < -0.3 is 0 Å². The summed E-state index contributed by atoms with van der Waals surface area (Å²) >= 11 is 6.11. The molecule has 0 atom stereocenters. The van der Waals surface area contributed by atoms with Crippen LogP contribution >= 0.6 is 39.5 Å². The number of aliphatic imine (C=N–C) groups is 1. The molecule has 1 aliphatic rings. The molecule has 1 aromatic carbocycles. The van der Waals surface area contributed by atoms with Gasteiger partial charge >= 0.3 is 0 Å². The van der Waals surface area contributed by atoms with E-state index in [1.807, 2.05) is 30.3 Å². The monoisotopic (exact) mass is 339 g/mol. The lowest BCUT2D eigenvalue weighted by Gasteiger charge is -1.95. The highest BCUT2D eigenvalue weighted by Crippen LogP contribution is 2.31. The summed E-state index contributed by atoms with van der Waals surface area (Å²) in [6.45, 7) is 3.65. The van der Waals surface area contributed by atoms with Crippen molar-refractivity contribution in [3.05, 3.63) is 52.7 Å². The normalized spacial score (nSPS) is 17.1. The summed E-state index contributed by atoms with van der Waals surface area (Å²) in [4.78, 5) is 16.1. The van der Waals surface area contributed by atoms with Gasteiger partial charge in [-0.3, -0.25) is 4.79 Å². The van der Waals surface area contributed by atoms with Gasteiger partial charge in [0.15, 0.2) is 0 Å². The van der Waals surface area contributed by atoms with Gasteiger partial charge in [0.25, 0.3) is 0 Å². The number of benzene rings is 1. The smallest absolute Gasteiger partial charge is 0.244 e. The predicted molar refractivity (Wildman–Crippen MR) is 84.8 cm³/mol. The van der Waals surface area contributed by atoms with Crippen LogP contribution in [0.5, 0.6) is 0 Å². The van der Waals surface area contributed by atoms with E-state index in [4.69, 9.17) is 0 Å². The van der Waals surface area contributed by atoms with E-state index in [1.165, 1.54) is 23.5 Å². The molecular formula is C13H10BrNOS2. The molecule has 2 nitrogen and oxygen atoms in total. The first-order valence-corrected chi connectivity index (χ1v) is 7.80. The van der Waals surface area contributed by atoms with Crippen LogP contribution < -0.4 is 0 Å². The Morgan fingerprint density at radius 1 is 1.50 bits per heavy atom. The zero-order valence-corrected chi connectivity index (χ0v) is 12.6. The molecule has 0 saturated carbocycles. The van der Waals surface area contributed by atoms with Crippen molar-refractivity contribution in [2.24, 2.45) is 4.99 Å². The minimum Gasteiger partial charge on any atom is -0.279 e.